The number of aromatic nitrogens is 2. The molecule has 0 saturated heterocycles. The van der Waals surface area contributed by atoms with E-state index in [-0.39, 0.29) is 18.0 Å². The summed E-state index contributed by atoms with van der Waals surface area (Å²) in [4.78, 5) is 19.4. The van der Waals surface area contributed by atoms with Gasteiger partial charge >= 0.3 is 0 Å². The first kappa shape index (κ1) is 13.2. The van der Waals surface area contributed by atoms with Crippen molar-refractivity contribution in [3.05, 3.63) is 12.3 Å². The van der Waals surface area contributed by atoms with Crippen LogP contribution in [0.5, 0.6) is 0 Å². The Kier molecular flexibility index (Phi) is 4.22. The van der Waals surface area contributed by atoms with Gasteiger partial charge in [0.15, 0.2) is 0 Å². The molecule has 94 valence electrons. The summed E-state index contributed by atoms with van der Waals surface area (Å²) >= 11 is 0. The van der Waals surface area contributed by atoms with Crippen molar-refractivity contribution in [3.8, 4) is 0 Å². The second kappa shape index (κ2) is 5.44. The summed E-state index contributed by atoms with van der Waals surface area (Å²) in [5.41, 5.74) is 2.09. The van der Waals surface area contributed by atoms with Crippen LogP contribution in [0.15, 0.2) is 12.3 Å². The van der Waals surface area contributed by atoms with Gasteiger partial charge in [-0.25, -0.2) is 10.8 Å². The number of hydrazine groups is 1. The van der Waals surface area contributed by atoms with Gasteiger partial charge in [-0.1, -0.05) is 0 Å². The summed E-state index contributed by atoms with van der Waals surface area (Å²) < 4.78 is 0. The number of nitrogens with two attached hydrogens (primary N) is 1. The number of anilines is 2. The minimum absolute atomic E-state index is 0.0987. The second-order valence-electron chi connectivity index (χ2n) is 4.56. The molecule has 0 aliphatic heterocycles. The Bertz CT molecular complexity index is 387. The molecule has 0 fully saturated rings. The molecule has 1 amide bonds. The number of carbonyl (C=O) groups is 1. The molecular formula is C10H18N6O. The first-order chi connectivity index (χ1) is 7.90. The molecule has 1 aromatic rings. The summed E-state index contributed by atoms with van der Waals surface area (Å²) in [7, 11) is 0. The number of nitrogens with one attached hydrogen (secondary N) is 3. The standard InChI is InChI=1S/C10H18N6O/c1-10(2,3)15-8(17)6-13-7-4-5-12-9(14-7)16-11/h4-5H,6,11H2,1-3H3,(H,15,17)(H2,12,13,14,16). The summed E-state index contributed by atoms with van der Waals surface area (Å²) in [6.45, 7) is 5.92. The average molecular weight is 238 g/mol. The molecule has 0 aliphatic carbocycles. The highest BCUT2D eigenvalue weighted by Crippen LogP contribution is 2.04. The molecule has 7 nitrogen and oxygen atoms in total. The lowest BCUT2D eigenvalue weighted by Crippen LogP contribution is -2.43. The first-order valence-electron chi connectivity index (χ1n) is 5.25. The Hall–Kier alpha value is -1.89. The van der Waals surface area contributed by atoms with E-state index in [0.717, 1.165) is 0 Å². The molecule has 0 unspecified atom stereocenters. The van der Waals surface area contributed by atoms with Gasteiger partial charge < -0.3 is 10.6 Å². The minimum atomic E-state index is -0.242. The van der Waals surface area contributed by atoms with Crippen molar-refractivity contribution in [2.75, 3.05) is 17.3 Å². The van der Waals surface area contributed by atoms with Crippen molar-refractivity contribution in [1.29, 1.82) is 0 Å². The maximum absolute atomic E-state index is 11.5. The Morgan fingerprint density at radius 1 is 1.47 bits per heavy atom. The van der Waals surface area contributed by atoms with E-state index >= 15 is 0 Å². The largest absolute Gasteiger partial charge is 0.361 e. The molecule has 0 atom stereocenters. The van der Waals surface area contributed by atoms with Gasteiger partial charge in [-0.05, 0) is 26.8 Å². The van der Waals surface area contributed by atoms with Crippen molar-refractivity contribution < 1.29 is 4.79 Å². The molecule has 1 rings (SSSR count). The molecule has 0 radical (unpaired) electrons. The van der Waals surface area contributed by atoms with Gasteiger partial charge in [0, 0.05) is 11.7 Å². The average Bonchev–Trinajstić information content (AvgIpc) is 2.24. The monoisotopic (exact) mass is 238 g/mol. The van der Waals surface area contributed by atoms with Crippen LogP contribution < -0.4 is 21.9 Å². The highest BCUT2D eigenvalue weighted by molar-refractivity contribution is 5.81. The van der Waals surface area contributed by atoms with Crippen molar-refractivity contribution >= 4 is 17.7 Å². The predicted octanol–water partition coefficient (Wildman–Crippen LogP) is 0.0888. The quantitative estimate of drug-likeness (QED) is 0.437. The third kappa shape index (κ3) is 5.12. The van der Waals surface area contributed by atoms with Crippen LogP contribution in [0.25, 0.3) is 0 Å². The maximum Gasteiger partial charge on any atom is 0.239 e. The number of amides is 1. The van der Waals surface area contributed by atoms with Crippen LogP contribution >= 0.6 is 0 Å². The van der Waals surface area contributed by atoms with Gasteiger partial charge in [-0.15, -0.1) is 0 Å². The lowest BCUT2D eigenvalue weighted by Gasteiger charge is -2.20. The van der Waals surface area contributed by atoms with Crippen LogP contribution in [0.2, 0.25) is 0 Å². The fourth-order valence-corrected chi connectivity index (χ4v) is 1.16. The van der Waals surface area contributed by atoms with Gasteiger partial charge in [0.05, 0.1) is 6.54 Å². The van der Waals surface area contributed by atoms with E-state index in [1.807, 2.05) is 20.8 Å². The van der Waals surface area contributed by atoms with E-state index in [0.29, 0.717) is 11.8 Å². The lowest BCUT2D eigenvalue weighted by molar-refractivity contribution is -0.120. The molecule has 0 bridgehead atoms. The Morgan fingerprint density at radius 2 is 2.18 bits per heavy atom. The smallest absolute Gasteiger partial charge is 0.239 e. The van der Waals surface area contributed by atoms with Crippen LogP contribution in [0.3, 0.4) is 0 Å². The van der Waals surface area contributed by atoms with Gasteiger partial charge in [0.2, 0.25) is 11.9 Å². The number of hydrogen-bond donors (Lipinski definition) is 4. The third-order valence-corrected chi connectivity index (χ3v) is 1.73. The van der Waals surface area contributed by atoms with Crippen LogP contribution in [-0.2, 0) is 4.79 Å². The molecular weight excluding hydrogens is 220 g/mol. The number of hydrogen-bond acceptors (Lipinski definition) is 6. The highest BCUT2D eigenvalue weighted by Gasteiger charge is 2.13. The van der Waals surface area contributed by atoms with Gasteiger partial charge in [0.1, 0.15) is 5.82 Å². The minimum Gasteiger partial charge on any atom is -0.361 e. The normalized spacial score (nSPS) is 10.8. The summed E-state index contributed by atoms with van der Waals surface area (Å²) in [6, 6.07) is 1.66. The Balaban J connectivity index is 2.47. The van der Waals surface area contributed by atoms with E-state index < -0.39 is 0 Å². The van der Waals surface area contributed by atoms with Crippen LogP contribution in [-0.4, -0.2) is 28.0 Å². The fourth-order valence-electron chi connectivity index (χ4n) is 1.16. The number of nitrogen functional groups attached to an aromatic ring is 1. The molecule has 0 aliphatic rings. The molecule has 1 heterocycles. The van der Waals surface area contributed by atoms with E-state index in [4.69, 9.17) is 5.84 Å². The van der Waals surface area contributed by atoms with Crippen LogP contribution in [0, 0.1) is 0 Å². The SMILES string of the molecule is CC(C)(C)NC(=O)CNc1ccnc(NN)n1. The lowest BCUT2D eigenvalue weighted by atomic mass is 10.1. The predicted molar refractivity (Wildman–Crippen MR) is 66.2 cm³/mol. The molecule has 1 aromatic heterocycles. The summed E-state index contributed by atoms with van der Waals surface area (Å²) in [6.07, 6.45) is 1.55. The Labute approximate surface area is 100 Å². The summed E-state index contributed by atoms with van der Waals surface area (Å²) in [5, 5.41) is 5.72. The van der Waals surface area contributed by atoms with Crippen molar-refractivity contribution in [2.45, 2.75) is 26.3 Å². The summed E-state index contributed by atoms with van der Waals surface area (Å²) in [5.74, 6) is 5.91. The number of nitrogens with zero attached hydrogens (tertiary/aromatic N) is 2. The Morgan fingerprint density at radius 3 is 2.76 bits per heavy atom. The topological polar surface area (TPSA) is 105 Å². The highest BCUT2D eigenvalue weighted by atomic mass is 16.2. The van der Waals surface area contributed by atoms with Crippen molar-refractivity contribution in [2.24, 2.45) is 5.84 Å². The van der Waals surface area contributed by atoms with E-state index in [9.17, 15) is 4.79 Å². The zero-order valence-electron chi connectivity index (χ0n) is 10.2. The third-order valence-electron chi connectivity index (χ3n) is 1.73. The van der Waals surface area contributed by atoms with Crippen molar-refractivity contribution in [3.63, 3.8) is 0 Å². The first-order valence-corrected chi connectivity index (χ1v) is 5.25. The second-order valence-corrected chi connectivity index (χ2v) is 4.56. The fraction of sp³-hybridized carbons (Fsp3) is 0.500. The van der Waals surface area contributed by atoms with E-state index in [1.165, 1.54) is 0 Å². The van der Waals surface area contributed by atoms with E-state index in [2.05, 4.69) is 26.0 Å². The molecule has 5 N–H and O–H groups in total. The maximum atomic E-state index is 11.5. The molecule has 7 heteroatoms. The van der Waals surface area contributed by atoms with Gasteiger partial charge in [0.25, 0.3) is 0 Å². The van der Waals surface area contributed by atoms with Crippen LogP contribution in [0.1, 0.15) is 20.8 Å². The molecule has 17 heavy (non-hydrogen) atoms. The molecule has 0 aromatic carbocycles. The van der Waals surface area contributed by atoms with Gasteiger partial charge in [-0.3, -0.25) is 10.2 Å². The van der Waals surface area contributed by atoms with E-state index in [1.54, 1.807) is 12.3 Å². The molecule has 0 spiro atoms. The molecule has 0 saturated carbocycles. The number of carbonyl (C=O) groups excluding carboxylic acids is 1. The zero-order valence-corrected chi connectivity index (χ0v) is 10.2. The van der Waals surface area contributed by atoms with Crippen molar-refractivity contribution in [1.82, 2.24) is 15.3 Å². The number of rotatable bonds is 4. The van der Waals surface area contributed by atoms with Gasteiger partial charge in [-0.2, -0.15) is 4.98 Å². The van der Waals surface area contributed by atoms with Crippen LogP contribution in [0.4, 0.5) is 11.8 Å². The zero-order chi connectivity index (χ0) is 12.9.